The van der Waals surface area contributed by atoms with Crippen LogP contribution in [0, 0.1) is 5.41 Å². The van der Waals surface area contributed by atoms with Gasteiger partial charge in [0.05, 0.1) is 0 Å². The van der Waals surface area contributed by atoms with Gasteiger partial charge in [-0.15, -0.1) is 12.4 Å². The zero-order chi connectivity index (χ0) is 12.2. The first-order chi connectivity index (χ1) is 7.43. The molecule has 0 fully saturated rings. The second kappa shape index (κ2) is 6.62. The Morgan fingerprint density at radius 1 is 1.18 bits per heavy atom. The second-order valence-corrected chi connectivity index (χ2v) is 4.93. The van der Waals surface area contributed by atoms with Crippen molar-refractivity contribution in [3.8, 4) is 0 Å². The van der Waals surface area contributed by atoms with E-state index >= 15 is 0 Å². The number of anilines is 1. The fourth-order valence-electron chi connectivity index (χ4n) is 1.23. The third-order valence-electron chi connectivity index (χ3n) is 2.27. The molecule has 96 valence electrons. The lowest BCUT2D eigenvalue weighted by molar-refractivity contribution is -0.123. The average molecular weight is 257 g/mol. The standard InChI is InChI=1S/C13H20N2O.ClH/c1-13(2,3)12(16)15-11-7-5-10(6-8-11)9-14-4;/h5-8,14H,9H2,1-4H3,(H,15,16);1H. The Labute approximate surface area is 109 Å². The zero-order valence-electron chi connectivity index (χ0n) is 10.8. The number of nitrogens with one attached hydrogen (secondary N) is 2. The fraction of sp³-hybridized carbons (Fsp3) is 0.462. The molecule has 0 atom stereocenters. The molecule has 2 N–H and O–H groups in total. The largest absolute Gasteiger partial charge is 0.326 e. The Morgan fingerprint density at radius 3 is 2.12 bits per heavy atom. The molecule has 1 rings (SSSR count). The van der Waals surface area contributed by atoms with Crippen LogP contribution in [0.2, 0.25) is 0 Å². The number of carbonyl (C=O) groups excluding carboxylic acids is 1. The van der Waals surface area contributed by atoms with E-state index in [2.05, 4.69) is 10.6 Å². The number of carbonyl (C=O) groups is 1. The van der Waals surface area contributed by atoms with E-state index in [-0.39, 0.29) is 23.7 Å². The SMILES string of the molecule is CNCc1ccc(NC(=O)C(C)(C)C)cc1.Cl. The number of hydrogen-bond donors (Lipinski definition) is 2. The van der Waals surface area contributed by atoms with Gasteiger partial charge < -0.3 is 10.6 Å². The Balaban J connectivity index is 0.00000256. The van der Waals surface area contributed by atoms with Crippen LogP contribution in [0.25, 0.3) is 0 Å². The Kier molecular flexibility index (Phi) is 6.21. The van der Waals surface area contributed by atoms with Crippen molar-refractivity contribution >= 4 is 24.0 Å². The molecule has 1 aromatic rings. The maximum Gasteiger partial charge on any atom is 0.229 e. The van der Waals surface area contributed by atoms with Crippen LogP contribution in [-0.4, -0.2) is 13.0 Å². The molecule has 3 nitrogen and oxygen atoms in total. The molecule has 0 saturated heterocycles. The highest BCUT2D eigenvalue weighted by atomic mass is 35.5. The van der Waals surface area contributed by atoms with E-state index in [4.69, 9.17) is 0 Å². The van der Waals surface area contributed by atoms with Crippen LogP contribution in [0.4, 0.5) is 5.69 Å². The summed E-state index contributed by atoms with van der Waals surface area (Å²) in [4.78, 5) is 11.7. The topological polar surface area (TPSA) is 41.1 Å². The van der Waals surface area contributed by atoms with Crippen LogP contribution >= 0.6 is 12.4 Å². The van der Waals surface area contributed by atoms with Gasteiger partial charge in [-0.3, -0.25) is 4.79 Å². The van der Waals surface area contributed by atoms with Crippen molar-refractivity contribution in [1.29, 1.82) is 0 Å². The van der Waals surface area contributed by atoms with Crippen LogP contribution in [0.1, 0.15) is 26.3 Å². The van der Waals surface area contributed by atoms with Gasteiger partial charge in [-0.2, -0.15) is 0 Å². The van der Waals surface area contributed by atoms with Crippen LogP contribution < -0.4 is 10.6 Å². The maximum absolute atomic E-state index is 11.7. The summed E-state index contributed by atoms with van der Waals surface area (Å²) in [6.45, 7) is 6.54. The lowest BCUT2D eigenvalue weighted by atomic mass is 9.95. The molecule has 0 heterocycles. The van der Waals surface area contributed by atoms with Gasteiger partial charge in [-0.25, -0.2) is 0 Å². The maximum atomic E-state index is 11.7. The van der Waals surface area contributed by atoms with E-state index in [1.807, 2.05) is 52.1 Å². The minimum absolute atomic E-state index is 0. The lowest BCUT2D eigenvalue weighted by Gasteiger charge is -2.17. The van der Waals surface area contributed by atoms with Gasteiger partial charge in [-0.1, -0.05) is 32.9 Å². The third kappa shape index (κ3) is 5.20. The Bertz CT molecular complexity index is 355. The van der Waals surface area contributed by atoms with E-state index in [1.54, 1.807) is 0 Å². The first kappa shape index (κ1) is 15.9. The zero-order valence-corrected chi connectivity index (χ0v) is 11.6. The van der Waals surface area contributed by atoms with Crippen LogP contribution in [0.3, 0.4) is 0 Å². The smallest absolute Gasteiger partial charge is 0.229 e. The number of benzene rings is 1. The van der Waals surface area contributed by atoms with Gasteiger partial charge in [0, 0.05) is 17.6 Å². The number of hydrogen-bond acceptors (Lipinski definition) is 2. The molecule has 0 saturated carbocycles. The molecule has 0 bridgehead atoms. The molecular formula is C13H21ClN2O. The molecule has 0 radical (unpaired) electrons. The van der Waals surface area contributed by atoms with Crippen LogP contribution in [0.15, 0.2) is 24.3 Å². The third-order valence-corrected chi connectivity index (χ3v) is 2.27. The van der Waals surface area contributed by atoms with E-state index in [0.717, 1.165) is 12.2 Å². The molecule has 0 aliphatic rings. The van der Waals surface area contributed by atoms with Gasteiger partial charge in [0.2, 0.25) is 5.91 Å². The van der Waals surface area contributed by atoms with Gasteiger partial charge >= 0.3 is 0 Å². The summed E-state index contributed by atoms with van der Waals surface area (Å²) in [5.74, 6) is 0.0360. The van der Waals surface area contributed by atoms with E-state index in [0.29, 0.717) is 0 Å². The van der Waals surface area contributed by atoms with Crippen molar-refractivity contribution in [3.05, 3.63) is 29.8 Å². The van der Waals surface area contributed by atoms with E-state index in [1.165, 1.54) is 5.56 Å². The first-order valence-corrected chi connectivity index (χ1v) is 5.48. The summed E-state index contributed by atoms with van der Waals surface area (Å²) in [6, 6.07) is 7.87. The van der Waals surface area contributed by atoms with Crippen molar-refractivity contribution in [2.24, 2.45) is 5.41 Å². The van der Waals surface area contributed by atoms with Crippen molar-refractivity contribution < 1.29 is 4.79 Å². The monoisotopic (exact) mass is 256 g/mol. The van der Waals surface area contributed by atoms with Gasteiger partial charge in [0.1, 0.15) is 0 Å². The number of halogens is 1. The van der Waals surface area contributed by atoms with Crippen molar-refractivity contribution in [3.63, 3.8) is 0 Å². The summed E-state index contributed by atoms with van der Waals surface area (Å²) in [6.07, 6.45) is 0. The van der Waals surface area contributed by atoms with Crippen molar-refractivity contribution in [1.82, 2.24) is 5.32 Å². The lowest BCUT2D eigenvalue weighted by Crippen LogP contribution is -2.27. The first-order valence-electron chi connectivity index (χ1n) is 5.48. The molecule has 0 aliphatic heterocycles. The number of rotatable bonds is 3. The van der Waals surface area contributed by atoms with E-state index < -0.39 is 0 Å². The minimum atomic E-state index is -0.357. The van der Waals surface area contributed by atoms with Crippen LogP contribution in [-0.2, 0) is 11.3 Å². The van der Waals surface area contributed by atoms with E-state index in [9.17, 15) is 4.79 Å². The summed E-state index contributed by atoms with van der Waals surface area (Å²) in [5.41, 5.74) is 1.69. The predicted octanol–water partition coefficient (Wildman–Crippen LogP) is 2.81. The minimum Gasteiger partial charge on any atom is -0.326 e. The highest BCUT2D eigenvalue weighted by molar-refractivity contribution is 5.94. The quantitative estimate of drug-likeness (QED) is 0.873. The molecular weight excluding hydrogens is 236 g/mol. The summed E-state index contributed by atoms with van der Waals surface area (Å²) >= 11 is 0. The Hall–Kier alpha value is -1.06. The summed E-state index contributed by atoms with van der Waals surface area (Å²) in [7, 11) is 1.91. The molecule has 4 heteroatoms. The second-order valence-electron chi connectivity index (χ2n) is 4.93. The number of amides is 1. The molecule has 0 aromatic heterocycles. The molecule has 0 spiro atoms. The molecule has 1 amide bonds. The highest BCUT2D eigenvalue weighted by Crippen LogP contribution is 2.17. The van der Waals surface area contributed by atoms with Gasteiger partial charge in [0.15, 0.2) is 0 Å². The van der Waals surface area contributed by atoms with Gasteiger partial charge in [-0.05, 0) is 24.7 Å². The molecule has 0 aliphatic carbocycles. The predicted molar refractivity (Wildman–Crippen MR) is 74.5 cm³/mol. The summed E-state index contributed by atoms with van der Waals surface area (Å²) < 4.78 is 0. The molecule has 1 aromatic carbocycles. The average Bonchev–Trinajstić information content (AvgIpc) is 2.20. The Morgan fingerprint density at radius 2 is 1.71 bits per heavy atom. The van der Waals surface area contributed by atoms with Crippen molar-refractivity contribution in [2.45, 2.75) is 27.3 Å². The highest BCUT2D eigenvalue weighted by Gasteiger charge is 2.20. The van der Waals surface area contributed by atoms with Gasteiger partial charge in [0.25, 0.3) is 0 Å². The fourth-order valence-corrected chi connectivity index (χ4v) is 1.23. The summed E-state index contributed by atoms with van der Waals surface area (Å²) in [5, 5.41) is 5.97. The van der Waals surface area contributed by atoms with Crippen LogP contribution in [0.5, 0.6) is 0 Å². The molecule has 0 unspecified atom stereocenters. The normalized spacial score (nSPS) is 10.6. The van der Waals surface area contributed by atoms with Crippen molar-refractivity contribution in [2.75, 3.05) is 12.4 Å². The molecule has 17 heavy (non-hydrogen) atoms.